The topological polar surface area (TPSA) is 54.4 Å². The van der Waals surface area contributed by atoms with Crippen LogP contribution in [-0.4, -0.2) is 29.8 Å². The molecule has 1 amide bonds. The Morgan fingerprint density at radius 3 is 2.30 bits per heavy atom. The Labute approximate surface area is 174 Å². The fourth-order valence-corrected chi connectivity index (χ4v) is 3.90. The van der Waals surface area contributed by atoms with E-state index in [1.165, 1.54) is 6.07 Å². The van der Waals surface area contributed by atoms with Crippen LogP contribution < -0.4 is 5.32 Å². The molecule has 0 bridgehead atoms. The van der Waals surface area contributed by atoms with Gasteiger partial charge < -0.3 is 5.32 Å². The van der Waals surface area contributed by atoms with Crippen LogP contribution in [-0.2, 0) is 0 Å². The number of pyridine rings is 1. The predicted molar refractivity (Wildman–Crippen MR) is 108 cm³/mol. The summed E-state index contributed by atoms with van der Waals surface area (Å²) in [5.74, 6) is -3.41. The summed E-state index contributed by atoms with van der Waals surface area (Å²) in [7, 11) is 1.07. The summed E-state index contributed by atoms with van der Waals surface area (Å²) in [5, 5.41) is 2.62. The summed E-state index contributed by atoms with van der Waals surface area (Å²) in [6.45, 7) is 3.73. The molecule has 0 unspecified atom stereocenters. The molecule has 0 atom stereocenters. The molecule has 1 N–H and O–H groups in total. The van der Waals surface area contributed by atoms with Gasteiger partial charge in [-0.25, -0.2) is 8.78 Å². The minimum Gasteiger partial charge on any atom is -0.313 e. The molecule has 0 aliphatic carbocycles. The van der Waals surface area contributed by atoms with E-state index >= 15 is 0 Å². The fraction of sp³-hybridized carbons (Fsp3) is 0.350. The van der Waals surface area contributed by atoms with Gasteiger partial charge >= 0.3 is 6.18 Å². The van der Waals surface area contributed by atoms with E-state index in [0.717, 1.165) is 24.5 Å². The van der Waals surface area contributed by atoms with Crippen molar-refractivity contribution >= 4 is 33.5 Å². The van der Waals surface area contributed by atoms with E-state index in [1.54, 1.807) is 6.07 Å². The normalized spacial score (nSPS) is 13.1. The summed E-state index contributed by atoms with van der Waals surface area (Å²) in [6, 6.07) is 3.04. The van der Waals surface area contributed by atoms with Crippen LogP contribution in [0, 0.1) is 17.6 Å². The van der Waals surface area contributed by atoms with Crippen molar-refractivity contribution < 1.29 is 26.7 Å². The highest BCUT2D eigenvalue weighted by Gasteiger charge is 2.34. The number of nitrogens with zero attached hydrogens (tertiary/aromatic N) is 2. The molecular weight excluding hydrogens is 425 g/mol. The van der Waals surface area contributed by atoms with Crippen LogP contribution in [0.15, 0.2) is 35.6 Å². The molecule has 2 aromatic heterocycles. The monoisotopic (exact) mass is 445 g/mol. The second-order valence-corrected chi connectivity index (χ2v) is 7.40. The predicted octanol–water partition coefficient (Wildman–Crippen LogP) is 6.13. The van der Waals surface area contributed by atoms with E-state index in [9.17, 15) is 26.7 Å². The van der Waals surface area contributed by atoms with Crippen molar-refractivity contribution in [2.75, 3.05) is 12.4 Å². The molecule has 0 fully saturated rings. The van der Waals surface area contributed by atoms with Crippen molar-refractivity contribution in [2.45, 2.75) is 32.9 Å². The van der Waals surface area contributed by atoms with Crippen LogP contribution in [0.1, 0.15) is 41.9 Å². The average molecular weight is 445 g/mol. The van der Waals surface area contributed by atoms with Crippen molar-refractivity contribution in [3.63, 3.8) is 0 Å². The Morgan fingerprint density at radius 1 is 1.20 bits per heavy atom. The first kappa shape index (κ1) is 23.7. The third kappa shape index (κ3) is 5.50. The molecule has 2 rings (SSSR count). The Kier molecular flexibility index (Phi) is 7.83. The Balaban J connectivity index is 2.39. The lowest BCUT2D eigenvalue weighted by atomic mass is 9.91. The molecule has 30 heavy (non-hydrogen) atoms. The highest BCUT2D eigenvalue weighted by Crippen LogP contribution is 2.36. The highest BCUT2D eigenvalue weighted by molar-refractivity contribution is 7.17. The van der Waals surface area contributed by atoms with Crippen molar-refractivity contribution in [3.8, 4) is 0 Å². The number of carbonyl (C=O) groups excluding carboxylic acids is 1. The summed E-state index contributed by atoms with van der Waals surface area (Å²) in [6.07, 6.45) is -0.953. The second-order valence-electron chi connectivity index (χ2n) is 6.32. The van der Waals surface area contributed by atoms with Gasteiger partial charge in [0.2, 0.25) is 0 Å². The average Bonchev–Trinajstić information content (AvgIpc) is 3.12. The number of anilines is 1. The third-order valence-corrected chi connectivity index (χ3v) is 5.51. The smallest absolute Gasteiger partial charge is 0.313 e. The molecule has 2 heterocycles. The lowest BCUT2D eigenvalue weighted by Crippen LogP contribution is -2.21. The number of halogens is 5. The number of alkyl halides is 3. The van der Waals surface area contributed by atoms with Gasteiger partial charge in [0.25, 0.3) is 5.91 Å². The van der Waals surface area contributed by atoms with Crippen LogP contribution in [0.25, 0.3) is 5.57 Å². The van der Waals surface area contributed by atoms with Crippen molar-refractivity contribution in [2.24, 2.45) is 10.9 Å². The van der Waals surface area contributed by atoms with E-state index in [2.05, 4.69) is 15.3 Å². The summed E-state index contributed by atoms with van der Waals surface area (Å²) in [4.78, 5) is 19.4. The van der Waals surface area contributed by atoms with E-state index in [4.69, 9.17) is 0 Å². The zero-order valence-corrected chi connectivity index (χ0v) is 17.3. The Bertz CT molecular complexity index is 941. The van der Waals surface area contributed by atoms with Gasteiger partial charge in [0.1, 0.15) is 11.3 Å². The number of rotatable bonds is 7. The first-order chi connectivity index (χ1) is 14.1. The molecule has 0 radical (unpaired) electrons. The third-order valence-electron chi connectivity index (χ3n) is 4.46. The van der Waals surface area contributed by atoms with Gasteiger partial charge in [-0.1, -0.05) is 13.8 Å². The highest BCUT2D eigenvalue weighted by atomic mass is 32.1. The largest absolute Gasteiger partial charge is 0.432 e. The number of aliphatic imine (C=N–C) groups is 1. The number of hydrogen-bond acceptors (Lipinski definition) is 4. The fourth-order valence-electron chi connectivity index (χ4n) is 2.90. The number of thiophene rings is 1. The standard InChI is InChI=1S/C20H20F5N3OS/c1-4-11(5-2)12(8-16(26-3)20(23,24)25)15-6-7-17(30-15)28-19(29)18-13(21)9-27-10-14(18)22/h6-11H,4-5H2,1-3H3,(H,28,29). The van der Waals surface area contributed by atoms with Crippen LogP contribution in [0.4, 0.5) is 27.0 Å². The van der Waals surface area contributed by atoms with E-state index in [1.807, 2.05) is 13.8 Å². The van der Waals surface area contributed by atoms with Crippen LogP contribution in [0.5, 0.6) is 0 Å². The minimum atomic E-state index is -4.60. The van der Waals surface area contributed by atoms with Crippen molar-refractivity contribution in [3.05, 3.63) is 52.7 Å². The van der Waals surface area contributed by atoms with E-state index < -0.39 is 35.0 Å². The van der Waals surface area contributed by atoms with Gasteiger partial charge in [-0.2, -0.15) is 13.2 Å². The lowest BCUT2D eigenvalue weighted by Gasteiger charge is -2.17. The van der Waals surface area contributed by atoms with Gasteiger partial charge in [0.05, 0.1) is 17.4 Å². The molecule has 0 aliphatic heterocycles. The van der Waals surface area contributed by atoms with E-state index in [0.29, 0.717) is 35.7 Å². The molecule has 10 heteroatoms. The summed E-state index contributed by atoms with van der Waals surface area (Å²) < 4.78 is 67.1. The quantitative estimate of drug-likeness (QED) is 0.412. The first-order valence-electron chi connectivity index (χ1n) is 9.08. The van der Waals surface area contributed by atoms with Gasteiger partial charge in [0.15, 0.2) is 11.6 Å². The number of nitrogens with one attached hydrogen (secondary N) is 1. The molecule has 162 valence electrons. The van der Waals surface area contributed by atoms with Crippen molar-refractivity contribution in [1.29, 1.82) is 0 Å². The SMILES string of the molecule is CCC(CC)C(=CC(=NC)C(F)(F)F)c1ccc(NC(=O)c2c(F)cncc2F)s1. The van der Waals surface area contributed by atoms with Gasteiger partial charge in [-0.15, -0.1) is 11.3 Å². The summed E-state index contributed by atoms with van der Waals surface area (Å²) >= 11 is 1.01. The van der Waals surface area contributed by atoms with E-state index in [-0.39, 0.29) is 10.9 Å². The first-order valence-corrected chi connectivity index (χ1v) is 9.90. The molecule has 0 aliphatic rings. The molecular formula is C20H20F5N3OS. The number of aromatic nitrogens is 1. The van der Waals surface area contributed by atoms with Gasteiger partial charge in [-0.3, -0.25) is 14.8 Å². The maximum Gasteiger partial charge on any atom is 0.432 e. The van der Waals surface area contributed by atoms with Crippen LogP contribution in [0.3, 0.4) is 0 Å². The zero-order chi connectivity index (χ0) is 22.5. The van der Waals surface area contributed by atoms with Crippen molar-refractivity contribution in [1.82, 2.24) is 4.98 Å². The maximum atomic E-state index is 13.7. The number of hydrogen-bond donors (Lipinski definition) is 1. The van der Waals surface area contributed by atoms with Crippen LogP contribution >= 0.6 is 11.3 Å². The van der Waals surface area contributed by atoms with Crippen LogP contribution in [0.2, 0.25) is 0 Å². The number of allylic oxidation sites excluding steroid dienone is 2. The molecule has 4 nitrogen and oxygen atoms in total. The molecule has 2 aromatic rings. The van der Waals surface area contributed by atoms with Gasteiger partial charge in [-0.05, 0) is 42.5 Å². The molecule has 0 saturated heterocycles. The second kappa shape index (κ2) is 9.92. The molecule has 0 aromatic carbocycles. The number of carbonyl (C=O) groups is 1. The molecule has 0 spiro atoms. The lowest BCUT2D eigenvalue weighted by molar-refractivity contribution is -0.0577. The Morgan fingerprint density at radius 2 is 1.80 bits per heavy atom. The number of amides is 1. The summed E-state index contributed by atoms with van der Waals surface area (Å²) in [5.41, 5.74) is -1.36. The zero-order valence-electron chi connectivity index (χ0n) is 16.5. The van der Waals surface area contributed by atoms with Gasteiger partial charge in [0, 0.05) is 11.9 Å². The minimum absolute atomic E-state index is 0.165. The maximum absolute atomic E-state index is 13.7. The Hall–Kier alpha value is -2.62. The molecule has 0 saturated carbocycles.